The van der Waals surface area contributed by atoms with Gasteiger partial charge >= 0.3 is 0 Å². The minimum atomic E-state index is 0. The smallest absolute Gasteiger partial charge is 0.00258 e. The predicted octanol–water partition coefficient (Wildman–Crippen LogP) is 5.60. The first kappa shape index (κ1) is 19.6. The van der Waals surface area contributed by atoms with Crippen LogP contribution in [0.25, 0.3) is 0 Å². The highest BCUT2D eigenvalue weighted by molar-refractivity contribution is 5.25. The lowest BCUT2D eigenvalue weighted by atomic mass is 10.1. The molecule has 0 saturated carbocycles. The minimum absolute atomic E-state index is 0. The molecule has 3 aromatic rings. The van der Waals surface area contributed by atoms with Gasteiger partial charge in [-0.05, 0) is 24.5 Å². The van der Waals surface area contributed by atoms with E-state index in [1.54, 1.807) is 0 Å². The summed E-state index contributed by atoms with van der Waals surface area (Å²) in [5, 5.41) is 0. The van der Waals surface area contributed by atoms with Crippen molar-refractivity contribution in [3.63, 3.8) is 0 Å². The summed E-state index contributed by atoms with van der Waals surface area (Å²) in [5.41, 5.74) is 4.06. The molecular weight excluding hydrogens is 268 g/mol. The first-order chi connectivity index (χ1) is 9.84. The van der Waals surface area contributed by atoms with Crippen LogP contribution in [0, 0.1) is 6.92 Å². The lowest BCUT2D eigenvalue weighted by molar-refractivity contribution is 1.19. The fourth-order valence-corrected chi connectivity index (χ4v) is 1.96. The third kappa shape index (κ3) is 7.39. The highest BCUT2D eigenvalue weighted by Crippen LogP contribution is 2.07. The number of rotatable bonds is 2. The molecule has 0 aliphatic carbocycles. The van der Waals surface area contributed by atoms with E-state index in [9.17, 15) is 0 Å². The van der Waals surface area contributed by atoms with Gasteiger partial charge in [-0.3, -0.25) is 0 Å². The van der Waals surface area contributed by atoms with Crippen molar-refractivity contribution in [2.45, 2.75) is 13.3 Å². The minimum Gasteiger partial charge on any atom is -0.344 e. The first-order valence-electron chi connectivity index (χ1n) is 6.94. The van der Waals surface area contributed by atoms with Crippen molar-refractivity contribution in [1.82, 2.24) is 12.3 Å². The van der Waals surface area contributed by atoms with Crippen LogP contribution < -0.4 is 12.3 Å². The third-order valence-corrected chi connectivity index (χ3v) is 3.03. The maximum atomic E-state index is 2.16. The second-order valence-corrected chi connectivity index (χ2v) is 4.80. The summed E-state index contributed by atoms with van der Waals surface area (Å²) < 4.78 is 0. The highest BCUT2D eigenvalue weighted by atomic mass is 14.0. The van der Waals surface area contributed by atoms with Gasteiger partial charge in [-0.15, -0.1) is 0 Å². The predicted molar refractivity (Wildman–Crippen MR) is 96.9 cm³/mol. The molecule has 2 heteroatoms. The summed E-state index contributed by atoms with van der Waals surface area (Å²) in [5.74, 6) is 0. The van der Waals surface area contributed by atoms with Crippen LogP contribution in [0.5, 0.6) is 0 Å². The van der Waals surface area contributed by atoms with Crippen molar-refractivity contribution in [2.75, 3.05) is 0 Å². The molecule has 0 bridgehead atoms. The molecule has 0 aliphatic rings. The summed E-state index contributed by atoms with van der Waals surface area (Å²) in [6, 6.07) is 31.3. The second kappa shape index (κ2) is 11.3. The zero-order valence-corrected chi connectivity index (χ0v) is 13.3. The molecule has 116 valence electrons. The molecule has 0 fully saturated rings. The van der Waals surface area contributed by atoms with E-state index in [2.05, 4.69) is 79.7 Å². The van der Waals surface area contributed by atoms with E-state index in [4.69, 9.17) is 0 Å². The summed E-state index contributed by atoms with van der Waals surface area (Å²) >= 11 is 0. The van der Waals surface area contributed by atoms with Crippen LogP contribution >= 0.6 is 0 Å². The molecule has 2 nitrogen and oxygen atoms in total. The monoisotopic (exact) mass is 294 g/mol. The Kier molecular flexibility index (Phi) is 10.0. The molecule has 0 amide bonds. The van der Waals surface area contributed by atoms with Gasteiger partial charge in [-0.1, -0.05) is 96.6 Å². The Morgan fingerprint density at radius 1 is 0.500 bits per heavy atom. The van der Waals surface area contributed by atoms with Crippen LogP contribution in [0.2, 0.25) is 0 Å². The van der Waals surface area contributed by atoms with Crippen LogP contribution in [0.3, 0.4) is 0 Å². The maximum Gasteiger partial charge on any atom is -0.00258 e. The normalized spacial score (nSPS) is 8.59. The summed E-state index contributed by atoms with van der Waals surface area (Å²) in [6.07, 6.45) is 1.03. The van der Waals surface area contributed by atoms with Crippen LogP contribution in [-0.4, -0.2) is 0 Å². The van der Waals surface area contributed by atoms with Gasteiger partial charge in [0, 0.05) is 0 Å². The Balaban J connectivity index is 0.000000425. The van der Waals surface area contributed by atoms with E-state index in [1.807, 2.05) is 18.2 Å². The summed E-state index contributed by atoms with van der Waals surface area (Å²) in [4.78, 5) is 0. The van der Waals surface area contributed by atoms with Gasteiger partial charge in [0.1, 0.15) is 0 Å². The Morgan fingerprint density at radius 2 is 0.818 bits per heavy atom. The molecule has 0 aromatic heterocycles. The molecule has 22 heavy (non-hydrogen) atoms. The largest absolute Gasteiger partial charge is 0.344 e. The number of benzene rings is 3. The van der Waals surface area contributed by atoms with Crippen LogP contribution in [-0.2, 0) is 6.42 Å². The van der Waals surface area contributed by atoms with Gasteiger partial charge < -0.3 is 12.3 Å². The van der Waals surface area contributed by atoms with Crippen molar-refractivity contribution in [2.24, 2.45) is 0 Å². The Hall–Kier alpha value is -2.42. The molecule has 3 aromatic carbocycles. The van der Waals surface area contributed by atoms with Crippen molar-refractivity contribution in [3.05, 3.63) is 108 Å². The average Bonchev–Trinajstić information content (AvgIpc) is 2.51. The highest BCUT2D eigenvalue weighted by Gasteiger charge is 1.92. The number of hydrogen-bond donors (Lipinski definition) is 2. The van der Waals surface area contributed by atoms with E-state index in [-0.39, 0.29) is 12.3 Å². The maximum absolute atomic E-state index is 2.16. The van der Waals surface area contributed by atoms with Crippen molar-refractivity contribution < 1.29 is 0 Å². The zero-order chi connectivity index (χ0) is 14.0. The topological polar surface area (TPSA) is 70.0 Å². The molecule has 3 rings (SSSR count). The lowest BCUT2D eigenvalue weighted by Gasteiger charge is -2.00. The van der Waals surface area contributed by atoms with Gasteiger partial charge in [0.25, 0.3) is 0 Å². The van der Waals surface area contributed by atoms with E-state index in [0.717, 1.165) is 6.42 Å². The summed E-state index contributed by atoms with van der Waals surface area (Å²) in [7, 11) is 0. The molecule has 0 spiro atoms. The van der Waals surface area contributed by atoms with Gasteiger partial charge in [0.2, 0.25) is 0 Å². The van der Waals surface area contributed by atoms with Crippen molar-refractivity contribution in [3.8, 4) is 0 Å². The SMILES string of the molecule is Cc1ccccc1.N.N.c1ccc(Cc2ccccc2)cc1. The standard InChI is InChI=1S/C13H12.C7H8.2H3N/c1-3-7-12(8-4-1)11-13-9-5-2-6-10-13;1-7-5-3-2-4-6-7;;/h1-10H,11H2;2-6H,1H3;2*1H3. The number of aryl methyl sites for hydroxylation is 1. The van der Waals surface area contributed by atoms with Crippen molar-refractivity contribution >= 4 is 0 Å². The fourth-order valence-electron chi connectivity index (χ4n) is 1.96. The molecule has 0 saturated heterocycles. The van der Waals surface area contributed by atoms with Gasteiger partial charge in [-0.25, -0.2) is 0 Å². The third-order valence-electron chi connectivity index (χ3n) is 3.03. The fraction of sp³-hybridized carbons (Fsp3) is 0.100. The number of hydrogen-bond acceptors (Lipinski definition) is 2. The van der Waals surface area contributed by atoms with E-state index in [0.29, 0.717) is 0 Å². The quantitative estimate of drug-likeness (QED) is 0.646. The Bertz CT molecular complexity index is 555. The molecule has 0 radical (unpaired) electrons. The van der Waals surface area contributed by atoms with Crippen LogP contribution in [0.1, 0.15) is 16.7 Å². The van der Waals surface area contributed by atoms with Gasteiger partial charge in [-0.2, -0.15) is 0 Å². The zero-order valence-electron chi connectivity index (χ0n) is 13.3. The van der Waals surface area contributed by atoms with E-state index >= 15 is 0 Å². The van der Waals surface area contributed by atoms with Gasteiger partial charge in [0.05, 0.1) is 0 Å². The Labute approximate surface area is 134 Å². The molecule has 6 N–H and O–H groups in total. The van der Waals surface area contributed by atoms with Crippen molar-refractivity contribution in [1.29, 1.82) is 0 Å². The molecule has 0 aliphatic heterocycles. The lowest BCUT2D eigenvalue weighted by Crippen LogP contribution is -1.85. The molecule has 0 atom stereocenters. The van der Waals surface area contributed by atoms with Gasteiger partial charge in [0.15, 0.2) is 0 Å². The van der Waals surface area contributed by atoms with Crippen LogP contribution in [0.4, 0.5) is 0 Å². The van der Waals surface area contributed by atoms with Crippen LogP contribution in [0.15, 0.2) is 91.0 Å². The average molecular weight is 294 g/mol. The molecule has 0 heterocycles. The van der Waals surface area contributed by atoms with E-state index in [1.165, 1.54) is 16.7 Å². The first-order valence-corrected chi connectivity index (χ1v) is 6.94. The Morgan fingerprint density at radius 3 is 1.09 bits per heavy atom. The molecule has 0 unspecified atom stereocenters. The van der Waals surface area contributed by atoms with E-state index < -0.39 is 0 Å². The molecular formula is C20H26N2. The second-order valence-electron chi connectivity index (χ2n) is 4.80. The summed E-state index contributed by atoms with van der Waals surface area (Å²) in [6.45, 7) is 2.08.